The molecule has 0 aliphatic rings. The van der Waals surface area contributed by atoms with Gasteiger partial charge in [-0.25, -0.2) is 0 Å². The molecule has 0 saturated carbocycles. The summed E-state index contributed by atoms with van der Waals surface area (Å²) in [5.41, 5.74) is 2.28. The first-order valence-electron chi connectivity index (χ1n) is 11.7. The van der Waals surface area contributed by atoms with Crippen molar-refractivity contribution in [1.29, 1.82) is 0 Å². The van der Waals surface area contributed by atoms with Crippen molar-refractivity contribution in [2.45, 2.75) is 63.4 Å². The van der Waals surface area contributed by atoms with E-state index in [1.807, 2.05) is 54.6 Å². The number of thioether (sulfide) groups is 3. The van der Waals surface area contributed by atoms with Crippen molar-refractivity contribution in [2.24, 2.45) is 0 Å². The summed E-state index contributed by atoms with van der Waals surface area (Å²) in [6.45, 7) is 6.52. The Morgan fingerprint density at radius 2 is 1.28 bits per heavy atom. The summed E-state index contributed by atoms with van der Waals surface area (Å²) in [7, 11) is 0. The van der Waals surface area contributed by atoms with Gasteiger partial charge in [0.2, 0.25) is 5.12 Å². The average Bonchev–Trinajstić information content (AvgIpc) is 2.83. The standard InChI is InChI=1S/C27H36O2S3/c1-4-7-18-30-26(29)27(31-19-8-5-2,32-20-9-6-3)24-17-13-16-23(21-24)25(28)22-14-11-10-12-15-22/h10-17,21H,4-9,18-20H2,1-3H3. The van der Waals surface area contributed by atoms with Crippen LogP contribution in [0.15, 0.2) is 54.6 Å². The highest BCUT2D eigenvalue weighted by molar-refractivity contribution is 8.24. The van der Waals surface area contributed by atoms with Crippen molar-refractivity contribution in [3.63, 3.8) is 0 Å². The maximum absolute atomic E-state index is 13.7. The zero-order valence-electron chi connectivity index (χ0n) is 19.6. The van der Waals surface area contributed by atoms with Crippen molar-refractivity contribution in [3.8, 4) is 0 Å². The molecule has 2 aromatic carbocycles. The fourth-order valence-corrected chi connectivity index (χ4v) is 7.92. The first-order valence-corrected chi connectivity index (χ1v) is 14.7. The molecule has 2 nitrogen and oxygen atoms in total. The largest absolute Gasteiger partial charge is 0.289 e. The van der Waals surface area contributed by atoms with E-state index in [0.29, 0.717) is 11.1 Å². The molecule has 0 aliphatic heterocycles. The number of rotatable bonds is 15. The fourth-order valence-electron chi connectivity index (χ4n) is 3.19. The van der Waals surface area contributed by atoms with Crippen LogP contribution in [0.25, 0.3) is 0 Å². The molecule has 2 aromatic rings. The van der Waals surface area contributed by atoms with E-state index in [4.69, 9.17) is 0 Å². The van der Waals surface area contributed by atoms with Crippen LogP contribution in [0.5, 0.6) is 0 Å². The molecule has 2 rings (SSSR count). The molecule has 0 N–H and O–H groups in total. The lowest BCUT2D eigenvalue weighted by atomic mass is 10.0. The topological polar surface area (TPSA) is 34.1 Å². The van der Waals surface area contributed by atoms with Crippen LogP contribution in [0.4, 0.5) is 0 Å². The number of carbonyl (C=O) groups excluding carboxylic acids is 2. The van der Waals surface area contributed by atoms with Gasteiger partial charge in [0.15, 0.2) is 9.86 Å². The number of hydrogen-bond acceptors (Lipinski definition) is 5. The number of ketones is 1. The minimum Gasteiger partial charge on any atom is -0.289 e. The first kappa shape index (κ1) is 27.1. The van der Waals surface area contributed by atoms with Gasteiger partial charge in [0.1, 0.15) is 0 Å². The molecule has 174 valence electrons. The van der Waals surface area contributed by atoms with E-state index in [-0.39, 0.29) is 10.9 Å². The second-order valence-corrected chi connectivity index (χ2v) is 11.7. The predicted octanol–water partition coefficient (Wildman–Crippen LogP) is 8.20. The second kappa shape index (κ2) is 14.9. The van der Waals surface area contributed by atoms with Crippen LogP contribution in [-0.4, -0.2) is 28.2 Å². The molecular formula is C27H36O2S3. The second-order valence-electron chi connectivity index (χ2n) is 7.79. The molecule has 0 aliphatic carbocycles. The Morgan fingerprint density at radius 1 is 0.719 bits per heavy atom. The van der Waals surface area contributed by atoms with Gasteiger partial charge in [-0.05, 0) is 42.4 Å². The molecule has 0 bridgehead atoms. The van der Waals surface area contributed by atoms with Gasteiger partial charge in [0, 0.05) is 16.9 Å². The van der Waals surface area contributed by atoms with E-state index in [2.05, 4.69) is 20.8 Å². The SMILES string of the molecule is CCCCSC(=O)C(SCCCC)(SCCCC)c1cccc(C(=O)c2ccccc2)c1. The van der Waals surface area contributed by atoms with Crippen LogP contribution in [0, 0.1) is 0 Å². The zero-order valence-corrected chi connectivity index (χ0v) is 22.1. The summed E-state index contributed by atoms with van der Waals surface area (Å²) < 4.78 is -0.671. The molecule has 0 unspecified atom stereocenters. The molecule has 32 heavy (non-hydrogen) atoms. The summed E-state index contributed by atoms with van der Waals surface area (Å²) in [5.74, 6) is 2.73. The highest BCUT2D eigenvalue weighted by Gasteiger charge is 2.41. The Labute approximate surface area is 207 Å². The van der Waals surface area contributed by atoms with Gasteiger partial charge in [-0.1, -0.05) is 100 Å². The number of unbranched alkanes of at least 4 members (excludes halogenated alkanes) is 3. The van der Waals surface area contributed by atoms with Gasteiger partial charge in [-0.2, -0.15) is 0 Å². The summed E-state index contributed by atoms with van der Waals surface area (Å²) in [6, 6.07) is 17.2. The third-order valence-electron chi connectivity index (χ3n) is 5.15. The van der Waals surface area contributed by atoms with Gasteiger partial charge in [-0.3, -0.25) is 9.59 Å². The lowest BCUT2D eigenvalue weighted by Crippen LogP contribution is -2.29. The third kappa shape index (κ3) is 7.71. The number of hydrogen-bond donors (Lipinski definition) is 0. The monoisotopic (exact) mass is 488 g/mol. The van der Waals surface area contributed by atoms with Crippen LogP contribution in [0.1, 0.15) is 80.8 Å². The quantitative estimate of drug-likeness (QED) is 0.143. The number of carbonyl (C=O) groups is 2. The minimum absolute atomic E-state index is 0.00421. The Hall–Kier alpha value is -1.17. The molecule has 0 radical (unpaired) electrons. The van der Waals surface area contributed by atoms with Crippen LogP contribution >= 0.6 is 35.3 Å². The molecule has 0 heterocycles. The molecule has 0 fully saturated rings. The molecule has 0 atom stereocenters. The van der Waals surface area contributed by atoms with E-state index < -0.39 is 4.08 Å². The Kier molecular flexibility index (Phi) is 12.6. The summed E-state index contributed by atoms with van der Waals surface area (Å²) in [6.07, 6.45) is 6.49. The predicted molar refractivity (Wildman–Crippen MR) is 145 cm³/mol. The minimum atomic E-state index is -0.671. The van der Waals surface area contributed by atoms with Crippen LogP contribution in [0.3, 0.4) is 0 Å². The normalized spacial score (nSPS) is 11.5. The third-order valence-corrected chi connectivity index (χ3v) is 9.81. The lowest BCUT2D eigenvalue weighted by molar-refractivity contribution is -0.111. The van der Waals surface area contributed by atoms with Gasteiger partial charge in [0.05, 0.1) is 0 Å². The van der Waals surface area contributed by atoms with Crippen molar-refractivity contribution in [2.75, 3.05) is 17.3 Å². The van der Waals surface area contributed by atoms with Crippen LogP contribution < -0.4 is 0 Å². The first-order chi connectivity index (χ1) is 15.6. The van der Waals surface area contributed by atoms with E-state index in [1.165, 1.54) is 11.8 Å². The van der Waals surface area contributed by atoms with Crippen molar-refractivity contribution < 1.29 is 9.59 Å². The van der Waals surface area contributed by atoms with Gasteiger partial charge in [-0.15, -0.1) is 23.5 Å². The highest BCUT2D eigenvalue weighted by atomic mass is 32.2. The van der Waals surface area contributed by atoms with Crippen LogP contribution in [0.2, 0.25) is 0 Å². The summed E-state index contributed by atoms with van der Waals surface area (Å²) in [4.78, 5) is 26.8. The molecule has 5 heteroatoms. The Bertz CT molecular complexity index is 826. The van der Waals surface area contributed by atoms with Crippen LogP contribution in [-0.2, 0) is 8.87 Å². The molecular weight excluding hydrogens is 452 g/mol. The molecule has 0 spiro atoms. The fraction of sp³-hybridized carbons (Fsp3) is 0.481. The van der Waals surface area contributed by atoms with Gasteiger partial charge in [0.25, 0.3) is 0 Å². The molecule has 0 amide bonds. The Morgan fingerprint density at radius 3 is 1.88 bits per heavy atom. The molecule has 0 saturated heterocycles. The average molecular weight is 489 g/mol. The van der Waals surface area contributed by atoms with E-state index in [0.717, 1.165) is 61.3 Å². The smallest absolute Gasteiger partial charge is 0.219 e. The summed E-state index contributed by atoms with van der Waals surface area (Å²) in [5, 5.41) is 0.220. The van der Waals surface area contributed by atoms with Gasteiger partial charge < -0.3 is 0 Å². The maximum atomic E-state index is 13.7. The lowest BCUT2D eigenvalue weighted by Gasteiger charge is -2.32. The van der Waals surface area contributed by atoms with Crippen molar-refractivity contribution >= 4 is 46.2 Å². The van der Waals surface area contributed by atoms with E-state index >= 15 is 0 Å². The Balaban J connectivity index is 2.45. The molecule has 0 aromatic heterocycles. The van der Waals surface area contributed by atoms with Gasteiger partial charge >= 0.3 is 0 Å². The number of benzene rings is 2. The van der Waals surface area contributed by atoms with E-state index in [1.54, 1.807) is 23.5 Å². The maximum Gasteiger partial charge on any atom is 0.219 e. The zero-order chi connectivity index (χ0) is 23.2. The summed E-state index contributed by atoms with van der Waals surface area (Å²) >= 11 is 4.99. The highest BCUT2D eigenvalue weighted by Crippen LogP contribution is 2.51. The van der Waals surface area contributed by atoms with Crippen molar-refractivity contribution in [1.82, 2.24) is 0 Å². The van der Waals surface area contributed by atoms with E-state index in [9.17, 15) is 9.59 Å². The van der Waals surface area contributed by atoms with Crippen molar-refractivity contribution in [3.05, 3.63) is 71.3 Å².